The summed E-state index contributed by atoms with van der Waals surface area (Å²) in [5.74, 6) is 1.38. The van der Waals surface area contributed by atoms with Gasteiger partial charge in [-0.3, -0.25) is 9.69 Å². The molecule has 0 spiro atoms. The number of hydrogen-bond acceptors (Lipinski definition) is 3. The van der Waals surface area contributed by atoms with E-state index in [1.165, 1.54) is 38.8 Å². The van der Waals surface area contributed by atoms with E-state index in [2.05, 4.69) is 41.6 Å². The summed E-state index contributed by atoms with van der Waals surface area (Å²) in [4.78, 5) is 19.1. The topological polar surface area (TPSA) is 68.8 Å². The van der Waals surface area contributed by atoms with E-state index in [4.69, 9.17) is 4.99 Å². The molecule has 0 aliphatic carbocycles. The number of nitrogens with zero attached hydrogens (tertiary/aromatic N) is 2. The van der Waals surface area contributed by atoms with E-state index in [0.29, 0.717) is 24.1 Å². The summed E-state index contributed by atoms with van der Waals surface area (Å²) in [5, 5.41) is 9.56. The predicted molar refractivity (Wildman–Crippen MR) is 137 cm³/mol. The number of hydrogen-bond donors (Lipinski definition) is 3. The van der Waals surface area contributed by atoms with Crippen LogP contribution in [0.3, 0.4) is 0 Å². The molecule has 6 nitrogen and oxygen atoms in total. The molecular formula is C23H40IN5O. The second-order valence-electron chi connectivity index (χ2n) is 8.11. The van der Waals surface area contributed by atoms with Gasteiger partial charge in [-0.15, -0.1) is 24.0 Å². The van der Waals surface area contributed by atoms with Gasteiger partial charge in [0, 0.05) is 31.7 Å². The highest BCUT2D eigenvalue weighted by atomic mass is 127. The smallest absolute Gasteiger partial charge is 0.251 e. The number of aliphatic imine (C=N–C) groups is 1. The number of carbonyl (C=O) groups is 1. The Morgan fingerprint density at radius 1 is 1.07 bits per heavy atom. The lowest BCUT2D eigenvalue weighted by atomic mass is 10.0. The minimum Gasteiger partial charge on any atom is -0.357 e. The van der Waals surface area contributed by atoms with Gasteiger partial charge in [-0.2, -0.15) is 0 Å². The average Bonchev–Trinajstić information content (AvgIpc) is 3.01. The molecule has 1 aromatic rings. The normalized spacial score (nSPS) is 16.4. The standard InChI is InChI=1S/C23H39N5O.HI/c1-5-25-23(26-16-19-10-12-20(13-11-19)22(29)24-4)27-17-21(18(2)3)28-14-8-6-7-9-15-28;/h10-13,18,21H,5-9,14-17H2,1-4H3,(H,24,29)(H2,25,26,27);1H. The first-order valence-electron chi connectivity index (χ1n) is 11.1. The van der Waals surface area contributed by atoms with Crippen molar-refractivity contribution in [2.75, 3.05) is 33.2 Å². The molecule has 2 rings (SSSR count). The lowest BCUT2D eigenvalue weighted by Crippen LogP contribution is -2.49. The quantitative estimate of drug-likeness (QED) is 0.274. The van der Waals surface area contributed by atoms with Crippen molar-refractivity contribution in [2.24, 2.45) is 10.9 Å². The average molecular weight is 530 g/mol. The fourth-order valence-corrected chi connectivity index (χ4v) is 3.83. The van der Waals surface area contributed by atoms with Gasteiger partial charge in [0.25, 0.3) is 5.91 Å². The Kier molecular flexibility index (Phi) is 13.0. The Morgan fingerprint density at radius 3 is 2.23 bits per heavy atom. The van der Waals surface area contributed by atoms with Gasteiger partial charge in [-0.25, -0.2) is 4.99 Å². The van der Waals surface area contributed by atoms with Gasteiger partial charge in [-0.1, -0.05) is 38.8 Å². The summed E-state index contributed by atoms with van der Waals surface area (Å²) in [6.07, 6.45) is 5.34. The zero-order valence-corrected chi connectivity index (χ0v) is 21.4. The van der Waals surface area contributed by atoms with Gasteiger partial charge >= 0.3 is 0 Å². The van der Waals surface area contributed by atoms with Gasteiger partial charge in [0.05, 0.1) is 6.54 Å². The van der Waals surface area contributed by atoms with Gasteiger partial charge < -0.3 is 16.0 Å². The highest BCUT2D eigenvalue weighted by Gasteiger charge is 2.22. The summed E-state index contributed by atoms with van der Waals surface area (Å²) in [6, 6.07) is 8.14. The summed E-state index contributed by atoms with van der Waals surface area (Å²) in [7, 11) is 1.64. The molecule has 1 aliphatic heterocycles. The largest absolute Gasteiger partial charge is 0.357 e. The molecule has 7 heteroatoms. The van der Waals surface area contributed by atoms with E-state index in [9.17, 15) is 4.79 Å². The molecule has 170 valence electrons. The summed E-state index contributed by atoms with van der Waals surface area (Å²) < 4.78 is 0. The van der Waals surface area contributed by atoms with Crippen LogP contribution in [0.15, 0.2) is 29.3 Å². The Bertz CT molecular complexity index is 639. The molecular weight excluding hydrogens is 489 g/mol. The zero-order valence-electron chi connectivity index (χ0n) is 19.0. The third-order valence-corrected chi connectivity index (χ3v) is 5.57. The van der Waals surface area contributed by atoms with Crippen molar-refractivity contribution in [3.05, 3.63) is 35.4 Å². The molecule has 1 amide bonds. The molecule has 1 unspecified atom stereocenters. The third kappa shape index (κ3) is 8.79. The van der Waals surface area contributed by atoms with Crippen LogP contribution in [0.5, 0.6) is 0 Å². The molecule has 1 aliphatic rings. The van der Waals surface area contributed by atoms with Gasteiger partial charge in [0.15, 0.2) is 5.96 Å². The maximum absolute atomic E-state index is 11.7. The van der Waals surface area contributed by atoms with Gasteiger partial charge in [0.2, 0.25) is 0 Å². The van der Waals surface area contributed by atoms with Crippen LogP contribution in [-0.2, 0) is 6.54 Å². The summed E-state index contributed by atoms with van der Waals surface area (Å²) in [5.41, 5.74) is 1.75. The Morgan fingerprint density at radius 2 is 1.70 bits per heavy atom. The maximum Gasteiger partial charge on any atom is 0.251 e. The van der Waals surface area contributed by atoms with Crippen LogP contribution in [0.4, 0.5) is 0 Å². The number of rotatable bonds is 8. The van der Waals surface area contributed by atoms with Crippen molar-refractivity contribution in [3.8, 4) is 0 Å². The molecule has 1 heterocycles. The maximum atomic E-state index is 11.7. The number of benzene rings is 1. The van der Waals surface area contributed by atoms with Crippen molar-refractivity contribution in [1.82, 2.24) is 20.9 Å². The molecule has 3 N–H and O–H groups in total. The van der Waals surface area contributed by atoms with Crippen molar-refractivity contribution in [2.45, 2.75) is 59.0 Å². The second kappa shape index (κ2) is 14.6. The second-order valence-corrected chi connectivity index (χ2v) is 8.11. The monoisotopic (exact) mass is 529 g/mol. The SMILES string of the molecule is CCNC(=NCc1ccc(C(=O)NC)cc1)NCC(C(C)C)N1CCCCCC1.I. The van der Waals surface area contributed by atoms with E-state index in [1.807, 2.05) is 24.3 Å². The van der Waals surface area contributed by atoms with E-state index in [1.54, 1.807) is 7.05 Å². The predicted octanol–water partition coefficient (Wildman–Crippen LogP) is 3.62. The van der Waals surface area contributed by atoms with Crippen LogP contribution >= 0.6 is 24.0 Å². The minimum absolute atomic E-state index is 0. The van der Waals surface area contributed by atoms with E-state index >= 15 is 0 Å². The van der Waals surface area contributed by atoms with Gasteiger partial charge in [0.1, 0.15) is 0 Å². The fraction of sp³-hybridized carbons (Fsp3) is 0.652. The number of nitrogens with one attached hydrogen (secondary N) is 3. The van der Waals surface area contributed by atoms with Crippen LogP contribution in [0.1, 0.15) is 62.4 Å². The Hall–Kier alpha value is -1.35. The number of halogens is 1. The fourth-order valence-electron chi connectivity index (χ4n) is 3.83. The molecule has 1 atom stereocenters. The first-order chi connectivity index (χ1) is 14.0. The minimum atomic E-state index is -0.0664. The molecule has 30 heavy (non-hydrogen) atoms. The highest BCUT2D eigenvalue weighted by Crippen LogP contribution is 2.17. The molecule has 0 saturated carbocycles. The summed E-state index contributed by atoms with van der Waals surface area (Å²) >= 11 is 0. The van der Waals surface area contributed by atoms with Crippen molar-refractivity contribution in [1.29, 1.82) is 0 Å². The van der Waals surface area contributed by atoms with Crippen molar-refractivity contribution in [3.63, 3.8) is 0 Å². The lowest BCUT2D eigenvalue weighted by molar-refractivity contribution is 0.0963. The van der Waals surface area contributed by atoms with E-state index < -0.39 is 0 Å². The van der Waals surface area contributed by atoms with Crippen LogP contribution in [-0.4, -0.2) is 56.0 Å². The number of amides is 1. The molecule has 0 radical (unpaired) electrons. The van der Waals surface area contributed by atoms with Crippen LogP contribution in [0.25, 0.3) is 0 Å². The molecule has 0 aromatic heterocycles. The van der Waals surface area contributed by atoms with Crippen LogP contribution in [0, 0.1) is 5.92 Å². The number of carbonyl (C=O) groups excluding carboxylic acids is 1. The Labute approximate surface area is 199 Å². The lowest BCUT2D eigenvalue weighted by Gasteiger charge is -2.34. The highest BCUT2D eigenvalue weighted by molar-refractivity contribution is 14.0. The van der Waals surface area contributed by atoms with Crippen LogP contribution in [0.2, 0.25) is 0 Å². The number of guanidine groups is 1. The van der Waals surface area contributed by atoms with Crippen LogP contribution < -0.4 is 16.0 Å². The first kappa shape index (κ1) is 26.7. The van der Waals surface area contributed by atoms with Gasteiger partial charge in [-0.05, 0) is 56.5 Å². The molecule has 0 bridgehead atoms. The summed E-state index contributed by atoms with van der Waals surface area (Å²) in [6.45, 7) is 11.4. The molecule has 1 fully saturated rings. The number of likely N-dealkylation sites (tertiary alicyclic amines) is 1. The molecule has 1 aromatic carbocycles. The van der Waals surface area contributed by atoms with E-state index in [-0.39, 0.29) is 29.9 Å². The zero-order chi connectivity index (χ0) is 21.1. The van der Waals surface area contributed by atoms with Crippen molar-refractivity contribution >= 4 is 35.8 Å². The van der Waals surface area contributed by atoms with Crippen molar-refractivity contribution < 1.29 is 4.79 Å². The molecule has 1 saturated heterocycles. The Balaban J connectivity index is 0.00000450. The van der Waals surface area contributed by atoms with E-state index in [0.717, 1.165) is 24.6 Å². The third-order valence-electron chi connectivity index (χ3n) is 5.57. The first-order valence-corrected chi connectivity index (χ1v) is 11.1.